The first-order valence-corrected chi connectivity index (χ1v) is 8.27. The first-order chi connectivity index (χ1) is 10.2. The molecule has 0 radical (unpaired) electrons. The summed E-state index contributed by atoms with van der Waals surface area (Å²) in [5.74, 6) is -0.153. The number of ether oxygens (including phenoxy) is 1. The van der Waals surface area contributed by atoms with Gasteiger partial charge in [-0.15, -0.1) is 0 Å². The Bertz CT molecular complexity index is 295. The van der Waals surface area contributed by atoms with Crippen LogP contribution < -0.4 is 0 Å². The van der Waals surface area contributed by atoms with Gasteiger partial charge in [-0.2, -0.15) is 0 Å². The average molecular weight is 296 g/mol. The minimum absolute atomic E-state index is 0.0764. The molecule has 0 aliphatic carbocycles. The lowest BCUT2D eigenvalue weighted by Gasteiger charge is -2.03. The van der Waals surface area contributed by atoms with Crippen molar-refractivity contribution >= 4 is 0 Å². The SMILES string of the molecule is CCCCCCOCCCCCC.Oc1ccccc1O. The zero-order valence-corrected chi connectivity index (χ0v) is 13.7. The smallest absolute Gasteiger partial charge is 0.157 e. The van der Waals surface area contributed by atoms with Crippen LogP contribution in [0, 0.1) is 0 Å². The Balaban J connectivity index is 0.000000423. The zero-order chi connectivity index (χ0) is 15.8. The number of benzene rings is 1. The van der Waals surface area contributed by atoms with E-state index in [0.717, 1.165) is 13.2 Å². The summed E-state index contributed by atoms with van der Waals surface area (Å²) in [6.07, 6.45) is 10.5. The van der Waals surface area contributed by atoms with Crippen LogP contribution in [0.15, 0.2) is 24.3 Å². The second-order valence-electron chi connectivity index (χ2n) is 5.22. The minimum atomic E-state index is -0.0764. The average Bonchev–Trinajstić information content (AvgIpc) is 2.49. The van der Waals surface area contributed by atoms with Crippen molar-refractivity contribution in [3.05, 3.63) is 24.3 Å². The van der Waals surface area contributed by atoms with Gasteiger partial charge >= 0.3 is 0 Å². The van der Waals surface area contributed by atoms with Crippen LogP contribution in [-0.4, -0.2) is 23.4 Å². The highest BCUT2D eigenvalue weighted by atomic mass is 16.5. The molecule has 0 atom stereocenters. The van der Waals surface area contributed by atoms with Gasteiger partial charge < -0.3 is 14.9 Å². The van der Waals surface area contributed by atoms with E-state index in [4.69, 9.17) is 14.9 Å². The van der Waals surface area contributed by atoms with E-state index in [9.17, 15) is 0 Å². The molecule has 1 aromatic carbocycles. The van der Waals surface area contributed by atoms with Gasteiger partial charge in [0.1, 0.15) is 0 Å². The van der Waals surface area contributed by atoms with Gasteiger partial charge in [0.2, 0.25) is 0 Å². The van der Waals surface area contributed by atoms with Crippen molar-refractivity contribution in [3.8, 4) is 11.5 Å². The molecule has 1 rings (SSSR count). The van der Waals surface area contributed by atoms with Gasteiger partial charge in [0.25, 0.3) is 0 Å². The summed E-state index contributed by atoms with van der Waals surface area (Å²) in [4.78, 5) is 0. The van der Waals surface area contributed by atoms with Crippen LogP contribution in [0.5, 0.6) is 11.5 Å². The van der Waals surface area contributed by atoms with Gasteiger partial charge in [0.15, 0.2) is 11.5 Å². The Kier molecular flexibility index (Phi) is 14.3. The monoisotopic (exact) mass is 296 g/mol. The molecule has 0 fully saturated rings. The van der Waals surface area contributed by atoms with Crippen LogP contribution in [0.4, 0.5) is 0 Å². The van der Waals surface area contributed by atoms with Gasteiger partial charge in [-0.3, -0.25) is 0 Å². The van der Waals surface area contributed by atoms with Crippen molar-refractivity contribution in [2.75, 3.05) is 13.2 Å². The topological polar surface area (TPSA) is 49.7 Å². The van der Waals surface area contributed by atoms with Crippen molar-refractivity contribution in [3.63, 3.8) is 0 Å². The van der Waals surface area contributed by atoms with Crippen molar-refractivity contribution in [1.29, 1.82) is 0 Å². The molecule has 1 aromatic rings. The lowest BCUT2D eigenvalue weighted by molar-refractivity contribution is 0.126. The quantitative estimate of drug-likeness (QED) is 0.457. The zero-order valence-electron chi connectivity index (χ0n) is 13.7. The standard InChI is InChI=1S/C12H26O.C6H6O2/c1-3-5-7-9-11-13-12-10-8-6-4-2;7-5-3-1-2-4-6(5)8/h3-12H2,1-2H3;1-4,7-8H. The fraction of sp³-hybridized carbons (Fsp3) is 0.667. The molecule has 122 valence electrons. The molecule has 0 unspecified atom stereocenters. The third-order valence-electron chi connectivity index (χ3n) is 3.17. The highest BCUT2D eigenvalue weighted by Gasteiger charge is 1.91. The van der Waals surface area contributed by atoms with E-state index in [1.54, 1.807) is 12.1 Å². The molecule has 0 aromatic heterocycles. The summed E-state index contributed by atoms with van der Waals surface area (Å²) in [6.45, 7) is 6.44. The van der Waals surface area contributed by atoms with Crippen molar-refractivity contribution < 1.29 is 14.9 Å². The second-order valence-corrected chi connectivity index (χ2v) is 5.22. The molecule has 0 aliphatic heterocycles. The van der Waals surface area contributed by atoms with E-state index >= 15 is 0 Å². The summed E-state index contributed by atoms with van der Waals surface area (Å²) in [5.41, 5.74) is 0. The molecule has 2 N–H and O–H groups in total. The van der Waals surface area contributed by atoms with Gasteiger partial charge in [-0.05, 0) is 25.0 Å². The summed E-state index contributed by atoms with van der Waals surface area (Å²) < 4.78 is 5.53. The predicted octanol–water partition coefficient (Wildman–Crippen LogP) is 5.26. The Morgan fingerprint density at radius 1 is 0.714 bits per heavy atom. The van der Waals surface area contributed by atoms with E-state index < -0.39 is 0 Å². The first kappa shape index (κ1) is 19.8. The first-order valence-electron chi connectivity index (χ1n) is 8.27. The number of phenolic OH excluding ortho intramolecular Hbond substituents is 2. The Morgan fingerprint density at radius 3 is 1.48 bits per heavy atom. The molecule has 21 heavy (non-hydrogen) atoms. The number of para-hydroxylation sites is 2. The number of hydrogen-bond acceptors (Lipinski definition) is 3. The van der Waals surface area contributed by atoms with Crippen LogP contribution >= 0.6 is 0 Å². The molecular weight excluding hydrogens is 264 g/mol. The van der Waals surface area contributed by atoms with E-state index in [0.29, 0.717) is 0 Å². The molecule has 0 spiro atoms. The van der Waals surface area contributed by atoms with Gasteiger partial charge in [0, 0.05) is 13.2 Å². The van der Waals surface area contributed by atoms with Gasteiger partial charge in [-0.1, -0.05) is 64.5 Å². The van der Waals surface area contributed by atoms with Crippen LogP contribution in [0.3, 0.4) is 0 Å². The molecule has 0 saturated carbocycles. The molecule has 0 aliphatic rings. The van der Waals surface area contributed by atoms with E-state index in [1.807, 2.05) is 0 Å². The number of rotatable bonds is 10. The fourth-order valence-corrected chi connectivity index (χ4v) is 1.83. The maximum absolute atomic E-state index is 8.67. The van der Waals surface area contributed by atoms with Crippen molar-refractivity contribution in [2.24, 2.45) is 0 Å². The Labute approximate surface area is 130 Å². The second kappa shape index (κ2) is 15.2. The summed E-state index contributed by atoms with van der Waals surface area (Å²) in [5, 5.41) is 17.3. The molecule has 0 bridgehead atoms. The van der Waals surface area contributed by atoms with Crippen LogP contribution in [-0.2, 0) is 4.74 Å². The number of aromatic hydroxyl groups is 2. The van der Waals surface area contributed by atoms with Crippen LogP contribution in [0.2, 0.25) is 0 Å². The number of hydrogen-bond donors (Lipinski definition) is 2. The van der Waals surface area contributed by atoms with Crippen LogP contribution in [0.25, 0.3) is 0 Å². The molecule has 0 saturated heterocycles. The Morgan fingerprint density at radius 2 is 1.14 bits per heavy atom. The number of unbranched alkanes of at least 4 members (excludes halogenated alkanes) is 6. The molecule has 3 nitrogen and oxygen atoms in total. The lowest BCUT2D eigenvalue weighted by Crippen LogP contribution is -1.96. The Hall–Kier alpha value is -1.22. The van der Waals surface area contributed by atoms with Crippen molar-refractivity contribution in [1.82, 2.24) is 0 Å². The van der Waals surface area contributed by atoms with E-state index in [-0.39, 0.29) is 11.5 Å². The van der Waals surface area contributed by atoms with Gasteiger partial charge in [0.05, 0.1) is 0 Å². The maximum Gasteiger partial charge on any atom is 0.157 e. The minimum Gasteiger partial charge on any atom is -0.504 e. The fourth-order valence-electron chi connectivity index (χ4n) is 1.83. The molecule has 3 heteroatoms. The van der Waals surface area contributed by atoms with E-state index in [2.05, 4.69) is 13.8 Å². The van der Waals surface area contributed by atoms with Gasteiger partial charge in [-0.25, -0.2) is 0 Å². The lowest BCUT2D eigenvalue weighted by atomic mass is 10.2. The summed E-state index contributed by atoms with van der Waals surface area (Å²) in [6, 6.07) is 6.15. The maximum atomic E-state index is 8.67. The highest BCUT2D eigenvalue weighted by Crippen LogP contribution is 2.21. The third kappa shape index (κ3) is 13.5. The van der Waals surface area contributed by atoms with E-state index in [1.165, 1.54) is 63.5 Å². The summed E-state index contributed by atoms with van der Waals surface area (Å²) >= 11 is 0. The normalized spacial score (nSPS) is 10.0. The van der Waals surface area contributed by atoms with Crippen molar-refractivity contribution in [2.45, 2.75) is 65.2 Å². The molecule has 0 heterocycles. The molecule has 0 amide bonds. The largest absolute Gasteiger partial charge is 0.504 e. The highest BCUT2D eigenvalue weighted by molar-refractivity contribution is 5.36. The van der Waals surface area contributed by atoms with Crippen LogP contribution in [0.1, 0.15) is 65.2 Å². The molecular formula is C18H32O3. The number of phenols is 2. The third-order valence-corrected chi connectivity index (χ3v) is 3.17. The summed E-state index contributed by atoms with van der Waals surface area (Å²) in [7, 11) is 0. The predicted molar refractivity (Wildman–Crippen MR) is 88.9 cm³/mol.